The molecule has 0 unspecified atom stereocenters. The second kappa shape index (κ2) is 3.17. The van der Waals surface area contributed by atoms with Crippen molar-refractivity contribution in [1.82, 2.24) is 4.98 Å². The number of carbonyl (C=O) groups is 1. The number of hydrogen-bond acceptors (Lipinski definition) is 2. The zero-order chi connectivity index (χ0) is 9.14. The smallest absolute Gasteiger partial charge is 0.409 e. The Morgan fingerprint density at radius 1 is 1.75 bits per heavy atom. The lowest BCUT2D eigenvalue weighted by Gasteiger charge is -2.03. The lowest BCUT2D eigenvalue weighted by Crippen LogP contribution is -2.10. The number of nitrogens with zero attached hydrogens (tertiary/aromatic N) is 1. The summed E-state index contributed by atoms with van der Waals surface area (Å²) >= 11 is 0. The second-order valence-corrected chi connectivity index (χ2v) is 2.22. The first-order valence-electron chi connectivity index (χ1n) is 3.22. The van der Waals surface area contributed by atoms with Gasteiger partial charge in [0.15, 0.2) is 0 Å². The summed E-state index contributed by atoms with van der Waals surface area (Å²) < 4.78 is 12.8. The summed E-state index contributed by atoms with van der Waals surface area (Å²) in [6, 6.07) is 1.52. The number of hydrogen-bond donors (Lipinski definition) is 2. The molecular formula is C7H7FN2O2. The van der Waals surface area contributed by atoms with E-state index in [0.29, 0.717) is 5.56 Å². The summed E-state index contributed by atoms with van der Waals surface area (Å²) in [5, 5.41) is 10.2. The van der Waals surface area contributed by atoms with Gasteiger partial charge in [-0.05, 0) is 18.6 Å². The molecule has 0 aliphatic rings. The standard InChI is InChI=1S/C7H7FN2O2/c1-4-2-3-9-6(8)5(4)10-7(11)12/h2-3,10H,1H3,(H,11,12). The topological polar surface area (TPSA) is 62.2 Å². The molecule has 0 aliphatic carbocycles. The van der Waals surface area contributed by atoms with Crippen LogP contribution >= 0.6 is 0 Å². The van der Waals surface area contributed by atoms with Gasteiger partial charge in [0.1, 0.15) is 5.69 Å². The lowest BCUT2D eigenvalue weighted by molar-refractivity contribution is 0.209. The summed E-state index contributed by atoms with van der Waals surface area (Å²) in [5.41, 5.74) is 0.412. The maximum atomic E-state index is 12.8. The van der Waals surface area contributed by atoms with Gasteiger partial charge in [0, 0.05) is 6.20 Å². The minimum Gasteiger partial charge on any atom is -0.465 e. The van der Waals surface area contributed by atoms with E-state index in [9.17, 15) is 9.18 Å². The van der Waals surface area contributed by atoms with Crippen LogP contribution in [-0.4, -0.2) is 16.2 Å². The highest BCUT2D eigenvalue weighted by atomic mass is 19.1. The first-order valence-corrected chi connectivity index (χ1v) is 3.22. The maximum absolute atomic E-state index is 12.8. The third kappa shape index (κ3) is 1.69. The van der Waals surface area contributed by atoms with Crippen LogP contribution in [0.25, 0.3) is 0 Å². The average molecular weight is 170 g/mol. The number of amides is 1. The van der Waals surface area contributed by atoms with E-state index in [4.69, 9.17) is 5.11 Å². The van der Waals surface area contributed by atoms with E-state index >= 15 is 0 Å². The number of aryl methyl sites for hydroxylation is 1. The van der Waals surface area contributed by atoms with Gasteiger partial charge >= 0.3 is 6.09 Å². The van der Waals surface area contributed by atoms with Crippen molar-refractivity contribution in [3.05, 3.63) is 23.8 Å². The monoisotopic (exact) mass is 170 g/mol. The van der Waals surface area contributed by atoms with Crippen molar-refractivity contribution >= 4 is 11.8 Å². The minimum absolute atomic E-state index is 0.0926. The number of carboxylic acid groups (broad SMARTS) is 1. The Kier molecular flexibility index (Phi) is 2.23. The fourth-order valence-corrected chi connectivity index (χ4v) is 0.782. The third-order valence-corrected chi connectivity index (χ3v) is 1.34. The first-order chi connectivity index (χ1) is 5.61. The molecule has 1 aromatic rings. The van der Waals surface area contributed by atoms with Crippen LogP contribution in [0.15, 0.2) is 12.3 Å². The quantitative estimate of drug-likeness (QED) is 0.629. The molecule has 0 bridgehead atoms. The number of nitrogens with one attached hydrogen (secondary N) is 1. The molecule has 1 heterocycles. The van der Waals surface area contributed by atoms with Crippen LogP contribution in [0, 0.1) is 12.9 Å². The van der Waals surface area contributed by atoms with Crippen LogP contribution in [0.3, 0.4) is 0 Å². The van der Waals surface area contributed by atoms with Crippen molar-refractivity contribution < 1.29 is 14.3 Å². The van der Waals surface area contributed by atoms with Gasteiger partial charge in [-0.1, -0.05) is 0 Å². The van der Waals surface area contributed by atoms with E-state index in [0.717, 1.165) is 0 Å². The SMILES string of the molecule is Cc1ccnc(F)c1NC(=O)O. The van der Waals surface area contributed by atoms with Gasteiger partial charge in [0.05, 0.1) is 0 Å². The Morgan fingerprint density at radius 2 is 2.42 bits per heavy atom. The van der Waals surface area contributed by atoms with Gasteiger partial charge in [-0.3, -0.25) is 5.32 Å². The lowest BCUT2D eigenvalue weighted by atomic mass is 10.2. The molecule has 0 fully saturated rings. The molecule has 0 radical (unpaired) electrons. The van der Waals surface area contributed by atoms with Crippen LogP contribution in [0.4, 0.5) is 14.9 Å². The molecule has 1 rings (SSSR count). The van der Waals surface area contributed by atoms with E-state index in [1.54, 1.807) is 6.92 Å². The normalized spacial score (nSPS) is 9.50. The molecule has 0 aromatic carbocycles. The summed E-state index contributed by atoms with van der Waals surface area (Å²) in [5.74, 6) is -0.808. The number of aromatic nitrogens is 1. The van der Waals surface area contributed by atoms with Gasteiger partial charge in [0.2, 0.25) is 5.95 Å². The van der Waals surface area contributed by atoms with Crippen LogP contribution in [0.2, 0.25) is 0 Å². The molecule has 0 spiro atoms. The van der Waals surface area contributed by atoms with E-state index in [1.165, 1.54) is 12.3 Å². The van der Waals surface area contributed by atoms with Crippen LogP contribution < -0.4 is 5.32 Å². The first kappa shape index (κ1) is 8.45. The molecule has 2 N–H and O–H groups in total. The summed E-state index contributed by atoms with van der Waals surface area (Å²) in [7, 11) is 0. The highest BCUT2D eigenvalue weighted by Crippen LogP contribution is 2.15. The zero-order valence-electron chi connectivity index (χ0n) is 6.34. The predicted molar refractivity (Wildman–Crippen MR) is 40.6 cm³/mol. The Bertz CT molecular complexity index is 294. The average Bonchev–Trinajstić information content (AvgIpc) is 1.97. The highest BCUT2D eigenvalue weighted by molar-refractivity contribution is 5.83. The molecule has 64 valence electrons. The summed E-state index contributed by atoms with van der Waals surface area (Å²) in [6.45, 7) is 1.59. The number of anilines is 1. The Morgan fingerprint density at radius 3 is 2.92 bits per heavy atom. The van der Waals surface area contributed by atoms with Gasteiger partial charge in [-0.25, -0.2) is 9.78 Å². The zero-order valence-corrected chi connectivity index (χ0v) is 6.34. The van der Waals surface area contributed by atoms with E-state index < -0.39 is 12.0 Å². The van der Waals surface area contributed by atoms with Crippen LogP contribution in [0.1, 0.15) is 5.56 Å². The second-order valence-electron chi connectivity index (χ2n) is 2.22. The van der Waals surface area contributed by atoms with Crippen molar-refractivity contribution in [2.45, 2.75) is 6.92 Å². The molecule has 1 amide bonds. The predicted octanol–water partition coefficient (Wildman–Crippen LogP) is 1.62. The van der Waals surface area contributed by atoms with Crippen LogP contribution in [-0.2, 0) is 0 Å². The number of pyridine rings is 1. The molecule has 4 nitrogen and oxygen atoms in total. The van der Waals surface area contributed by atoms with Gasteiger partial charge in [-0.15, -0.1) is 0 Å². The Balaban J connectivity index is 3.04. The molecule has 0 aliphatic heterocycles. The van der Waals surface area contributed by atoms with E-state index in [1.807, 2.05) is 5.32 Å². The minimum atomic E-state index is -1.30. The van der Waals surface area contributed by atoms with Gasteiger partial charge in [0.25, 0.3) is 0 Å². The fourth-order valence-electron chi connectivity index (χ4n) is 0.782. The fraction of sp³-hybridized carbons (Fsp3) is 0.143. The summed E-state index contributed by atoms with van der Waals surface area (Å²) in [6.07, 6.45) is -0.0254. The van der Waals surface area contributed by atoms with Crippen molar-refractivity contribution in [1.29, 1.82) is 0 Å². The maximum Gasteiger partial charge on any atom is 0.409 e. The Hall–Kier alpha value is -1.65. The largest absolute Gasteiger partial charge is 0.465 e. The van der Waals surface area contributed by atoms with Gasteiger partial charge in [-0.2, -0.15) is 4.39 Å². The number of rotatable bonds is 1. The van der Waals surface area contributed by atoms with Crippen molar-refractivity contribution in [2.75, 3.05) is 5.32 Å². The molecule has 5 heteroatoms. The molecule has 0 atom stereocenters. The van der Waals surface area contributed by atoms with Crippen molar-refractivity contribution in [2.24, 2.45) is 0 Å². The molecule has 1 aromatic heterocycles. The molecule has 0 saturated heterocycles. The van der Waals surface area contributed by atoms with Gasteiger partial charge < -0.3 is 5.11 Å². The summed E-state index contributed by atoms with van der Waals surface area (Å²) in [4.78, 5) is 13.5. The molecule has 0 saturated carbocycles. The van der Waals surface area contributed by atoms with E-state index in [-0.39, 0.29) is 5.69 Å². The van der Waals surface area contributed by atoms with E-state index in [2.05, 4.69) is 4.98 Å². The van der Waals surface area contributed by atoms with Crippen molar-refractivity contribution in [3.63, 3.8) is 0 Å². The number of halogens is 1. The molecule has 12 heavy (non-hydrogen) atoms. The van der Waals surface area contributed by atoms with Crippen LogP contribution in [0.5, 0.6) is 0 Å². The molecular weight excluding hydrogens is 163 g/mol. The third-order valence-electron chi connectivity index (χ3n) is 1.34. The Labute approximate surface area is 68.1 Å². The highest BCUT2D eigenvalue weighted by Gasteiger charge is 2.08. The van der Waals surface area contributed by atoms with Crippen molar-refractivity contribution in [3.8, 4) is 0 Å².